The molecule has 2 nitrogen and oxygen atoms in total. The van der Waals surface area contributed by atoms with E-state index in [1.807, 2.05) is 0 Å². The minimum Gasteiger partial charge on any atom is -0.383 e. The highest BCUT2D eigenvalue weighted by Gasteiger charge is 2.51. The lowest BCUT2D eigenvalue weighted by molar-refractivity contribution is -0.159. The van der Waals surface area contributed by atoms with Crippen LogP contribution >= 0.6 is 0 Å². The number of ether oxygens (including phenoxy) is 1. The summed E-state index contributed by atoms with van der Waals surface area (Å²) < 4.78 is 19.2. The van der Waals surface area contributed by atoms with Gasteiger partial charge in [0.1, 0.15) is 5.82 Å². The number of nitrogens with one attached hydrogen (secondary N) is 1. The van der Waals surface area contributed by atoms with Gasteiger partial charge in [0.25, 0.3) is 0 Å². The standard InChI is InChI=1S/C18H24FNO/c19-16-1-3-17(4-2-16)20-5-6-21-18-10-13-7-14(11-18)9-15(8-13)12-18/h1-4,13-15,20H,5-12H2. The summed E-state index contributed by atoms with van der Waals surface area (Å²) in [6.07, 6.45) is 8.23. The van der Waals surface area contributed by atoms with Crippen molar-refractivity contribution in [2.75, 3.05) is 18.5 Å². The minimum atomic E-state index is -0.189. The molecule has 21 heavy (non-hydrogen) atoms. The molecule has 5 rings (SSSR count). The minimum absolute atomic E-state index is 0.189. The van der Waals surface area contributed by atoms with Crippen molar-refractivity contribution in [3.63, 3.8) is 0 Å². The van der Waals surface area contributed by atoms with Crippen LogP contribution in [-0.2, 0) is 4.74 Å². The van der Waals surface area contributed by atoms with Crippen molar-refractivity contribution < 1.29 is 9.13 Å². The fourth-order valence-corrected chi connectivity index (χ4v) is 5.24. The van der Waals surface area contributed by atoms with Crippen LogP contribution in [0.2, 0.25) is 0 Å². The van der Waals surface area contributed by atoms with Crippen LogP contribution in [0.1, 0.15) is 38.5 Å². The molecular weight excluding hydrogens is 265 g/mol. The van der Waals surface area contributed by atoms with Crippen molar-refractivity contribution in [1.29, 1.82) is 0 Å². The van der Waals surface area contributed by atoms with Crippen LogP contribution in [0.25, 0.3) is 0 Å². The summed E-state index contributed by atoms with van der Waals surface area (Å²) in [5.74, 6) is 2.61. The van der Waals surface area contributed by atoms with E-state index in [1.54, 1.807) is 12.1 Å². The Hall–Kier alpha value is -1.09. The molecule has 0 aromatic heterocycles. The summed E-state index contributed by atoms with van der Waals surface area (Å²) in [4.78, 5) is 0. The monoisotopic (exact) mass is 289 g/mol. The second-order valence-corrected chi connectivity index (χ2v) is 7.38. The number of anilines is 1. The zero-order valence-corrected chi connectivity index (χ0v) is 12.5. The molecule has 0 amide bonds. The first kappa shape index (κ1) is 13.6. The first-order chi connectivity index (χ1) is 10.2. The van der Waals surface area contributed by atoms with Gasteiger partial charge in [-0.1, -0.05) is 0 Å². The number of benzene rings is 1. The van der Waals surface area contributed by atoms with E-state index in [9.17, 15) is 4.39 Å². The topological polar surface area (TPSA) is 21.3 Å². The van der Waals surface area contributed by atoms with Gasteiger partial charge in [0.05, 0.1) is 12.2 Å². The lowest BCUT2D eigenvalue weighted by Gasteiger charge is -2.56. The van der Waals surface area contributed by atoms with Crippen LogP contribution in [-0.4, -0.2) is 18.8 Å². The largest absolute Gasteiger partial charge is 0.383 e. The summed E-state index contributed by atoms with van der Waals surface area (Å²) in [5.41, 5.74) is 1.16. The zero-order valence-electron chi connectivity index (χ0n) is 12.5. The maximum absolute atomic E-state index is 12.8. The van der Waals surface area contributed by atoms with Crippen molar-refractivity contribution in [3.05, 3.63) is 30.1 Å². The summed E-state index contributed by atoms with van der Waals surface area (Å²) in [7, 11) is 0. The third-order valence-corrected chi connectivity index (χ3v) is 5.67. The molecule has 0 heterocycles. The van der Waals surface area contributed by atoms with Gasteiger partial charge in [0, 0.05) is 12.2 Å². The Labute approximate surface area is 126 Å². The highest BCUT2D eigenvalue weighted by molar-refractivity contribution is 5.42. The molecule has 4 aliphatic carbocycles. The molecule has 0 spiro atoms. The molecule has 1 aromatic rings. The van der Waals surface area contributed by atoms with Crippen LogP contribution in [0.15, 0.2) is 24.3 Å². The highest BCUT2D eigenvalue weighted by atomic mass is 19.1. The molecule has 0 radical (unpaired) electrons. The number of halogens is 1. The third kappa shape index (κ3) is 2.80. The van der Waals surface area contributed by atoms with Gasteiger partial charge in [0.15, 0.2) is 0 Å². The van der Waals surface area contributed by atoms with Crippen LogP contribution in [0.4, 0.5) is 10.1 Å². The number of hydrogen-bond acceptors (Lipinski definition) is 2. The van der Waals surface area contributed by atoms with Crippen molar-refractivity contribution in [3.8, 4) is 0 Å². The predicted molar refractivity (Wildman–Crippen MR) is 81.7 cm³/mol. The molecule has 0 atom stereocenters. The smallest absolute Gasteiger partial charge is 0.123 e. The molecule has 1 aromatic carbocycles. The zero-order chi connectivity index (χ0) is 14.3. The third-order valence-electron chi connectivity index (χ3n) is 5.67. The molecule has 4 saturated carbocycles. The number of hydrogen-bond donors (Lipinski definition) is 1. The van der Waals surface area contributed by atoms with E-state index in [0.29, 0.717) is 0 Å². The van der Waals surface area contributed by atoms with Crippen LogP contribution in [0.3, 0.4) is 0 Å². The Morgan fingerprint density at radius 2 is 1.57 bits per heavy atom. The van der Waals surface area contributed by atoms with E-state index in [1.165, 1.54) is 50.7 Å². The summed E-state index contributed by atoms with van der Waals surface area (Å²) in [5, 5.41) is 3.31. The average Bonchev–Trinajstić information content (AvgIpc) is 2.44. The quantitative estimate of drug-likeness (QED) is 0.819. The van der Waals surface area contributed by atoms with Gasteiger partial charge < -0.3 is 10.1 Å². The van der Waals surface area contributed by atoms with E-state index >= 15 is 0 Å². The summed E-state index contributed by atoms with van der Waals surface area (Å²) >= 11 is 0. The number of rotatable bonds is 5. The molecule has 4 fully saturated rings. The first-order valence-electron chi connectivity index (χ1n) is 8.34. The first-order valence-corrected chi connectivity index (χ1v) is 8.34. The molecule has 4 bridgehead atoms. The fraction of sp³-hybridized carbons (Fsp3) is 0.667. The van der Waals surface area contributed by atoms with E-state index < -0.39 is 0 Å². The maximum Gasteiger partial charge on any atom is 0.123 e. The Morgan fingerprint density at radius 3 is 2.14 bits per heavy atom. The second-order valence-electron chi connectivity index (χ2n) is 7.38. The van der Waals surface area contributed by atoms with E-state index in [0.717, 1.165) is 36.6 Å². The van der Waals surface area contributed by atoms with Crippen molar-refractivity contribution in [2.45, 2.75) is 44.1 Å². The molecule has 0 unspecified atom stereocenters. The van der Waals surface area contributed by atoms with Crippen molar-refractivity contribution >= 4 is 5.69 Å². The fourth-order valence-electron chi connectivity index (χ4n) is 5.24. The molecule has 0 aliphatic heterocycles. The maximum atomic E-state index is 12.8. The van der Waals surface area contributed by atoms with Gasteiger partial charge in [0.2, 0.25) is 0 Å². The molecule has 4 aliphatic rings. The van der Waals surface area contributed by atoms with Crippen molar-refractivity contribution in [1.82, 2.24) is 0 Å². The summed E-state index contributed by atoms with van der Waals surface area (Å²) in [6, 6.07) is 6.53. The Kier molecular flexibility index (Phi) is 3.41. The van der Waals surface area contributed by atoms with E-state index in [2.05, 4.69) is 5.32 Å². The summed E-state index contributed by atoms with van der Waals surface area (Å²) in [6.45, 7) is 1.55. The average molecular weight is 289 g/mol. The second kappa shape index (κ2) is 5.28. The van der Waals surface area contributed by atoms with Crippen LogP contribution in [0, 0.1) is 23.6 Å². The lowest BCUT2D eigenvalue weighted by atomic mass is 9.54. The Balaban J connectivity index is 1.28. The van der Waals surface area contributed by atoms with Gasteiger partial charge in [-0.2, -0.15) is 0 Å². The van der Waals surface area contributed by atoms with Gasteiger partial charge in [-0.25, -0.2) is 4.39 Å². The molecule has 0 saturated heterocycles. The normalized spacial score (nSPS) is 36.9. The molecule has 114 valence electrons. The SMILES string of the molecule is Fc1ccc(NCCOC23CC4CC(CC(C4)C2)C3)cc1. The van der Waals surface area contributed by atoms with E-state index in [-0.39, 0.29) is 11.4 Å². The molecular formula is C18H24FNO. The van der Waals surface area contributed by atoms with Gasteiger partial charge in [-0.15, -0.1) is 0 Å². The highest BCUT2D eigenvalue weighted by Crippen LogP contribution is 2.57. The van der Waals surface area contributed by atoms with Gasteiger partial charge in [-0.05, 0) is 80.5 Å². The van der Waals surface area contributed by atoms with Crippen LogP contribution in [0.5, 0.6) is 0 Å². The van der Waals surface area contributed by atoms with Crippen LogP contribution < -0.4 is 5.32 Å². The molecule has 1 N–H and O–H groups in total. The van der Waals surface area contributed by atoms with Gasteiger partial charge >= 0.3 is 0 Å². The Morgan fingerprint density at radius 1 is 1.00 bits per heavy atom. The lowest BCUT2D eigenvalue weighted by Crippen LogP contribution is -2.52. The van der Waals surface area contributed by atoms with Gasteiger partial charge in [-0.3, -0.25) is 0 Å². The molecule has 3 heteroatoms. The van der Waals surface area contributed by atoms with E-state index in [4.69, 9.17) is 4.74 Å². The van der Waals surface area contributed by atoms with Crippen molar-refractivity contribution in [2.24, 2.45) is 17.8 Å². The Bertz CT molecular complexity index is 463. The predicted octanol–water partition coefficient (Wildman–Crippen LogP) is 4.22.